The summed E-state index contributed by atoms with van der Waals surface area (Å²) in [4.78, 5) is 0. The van der Waals surface area contributed by atoms with E-state index >= 15 is 0 Å². The standard InChI is InChI=1S/C14H21N/c1-3-12-4-6-13(7-5-12)10-15-11-14(2)8-9-14/h4-7,15H,3,8-11H2,1-2H3. The maximum Gasteiger partial charge on any atom is 0.0205 e. The largest absolute Gasteiger partial charge is 0.312 e. The number of benzene rings is 1. The monoisotopic (exact) mass is 203 g/mol. The van der Waals surface area contributed by atoms with Crippen molar-refractivity contribution in [2.24, 2.45) is 5.41 Å². The zero-order valence-electron chi connectivity index (χ0n) is 9.84. The van der Waals surface area contributed by atoms with Crippen molar-refractivity contribution in [3.05, 3.63) is 35.4 Å². The van der Waals surface area contributed by atoms with Gasteiger partial charge in [-0.15, -0.1) is 0 Å². The van der Waals surface area contributed by atoms with Crippen LogP contribution in [0.25, 0.3) is 0 Å². The summed E-state index contributed by atoms with van der Waals surface area (Å²) in [6.07, 6.45) is 3.93. The zero-order chi connectivity index (χ0) is 10.7. The molecular formula is C14H21N. The molecule has 0 atom stereocenters. The quantitative estimate of drug-likeness (QED) is 0.775. The van der Waals surface area contributed by atoms with Crippen LogP contribution in [0.15, 0.2) is 24.3 Å². The molecule has 15 heavy (non-hydrogen) atoms. The molecule has 1 aliphatic carbocycles. The predicted molar refractivity (Wildman–Crippen MR) is 64.9 cm³/mol. The number of aryl methyl sites for hydroxylation is 1. The van der Waals surface area contributed by atoms with Gasteiger partial charge in [-0.3, -0.25) is 0 Å². The molecule has 0 radical (unpaired) electrons. The topological polar surface area (TPSA) is 12.0 Å². The van der Waals surface area contributed by atoms with Crippen molar-refractivity contribution >= 4 is 0 Å². The molecule has 1 heteroatoms. The highest BCUT2D eigenvalue weighted by Gasteiger charge is 2.36. The lowest BCUT2D eigenvalue weighted by atomic mass is 10.1. The molecule has 0 aliphatic heterocycles. The fourth-order valence-corrected chi connectivity index (χ4v) is 1.79. The minimum Gasteiger partial charge on any atom is -0.312 e. The maximum atomic E-state index is 3.54. The van der Waals surface area contributed by atoms with Gasteiger partial charge in [0, 0.05) is 13.1 Å². The highest BCUT2D eigenvalue weighted by Crippen LogP contribution is 2.44. The fourth-order valence-electron chi connectivity index (χ4n) is 1.79. The van der Waals surface area contributed by atoms with E-state index in [0.29, 0.717) is 5.41 Å². The van der Waals surface area contributed by atoms with Crippen LogP contribution in [0.3, 0.4) is 0 Å². The summed E-state index contributed by atoms with van der Waals surface area (Å²) in [5.41, 5.74) is 3.44. The Labute approximate surface area is 92.9 Å². The molecule has 1 nitrogen and oxygen atoms in total. The van der Waals surface area contributed by atoms with E-state index in [0.717, 1.165) is 13.0 Å². The summed E-state index contributed by atoms with van der Waals surface area (Å²) in [7, 11) is 0. The van der Waals surface area contributed by atoms with Gasteiger partial charge in [-0.05, 0) is 35.8 Å². The fraction of sp³-hybridized carbons (Fsp3) is 0.571. The maximum absolute atomic E-state index is 3.54. The molecule has 0 bridgehead atoms. The van der Waals surface area contributed by atoms with Gasteiger partial charge < -0.3 is 5.32 Å². The van der Waals surface area contributed by atoms with Crippen LogP contribution in [-0.4, -0.2) is 6.54 Å². The Morgan fingerprint density at radius 3 is 2.27 bits per heavy atom. The van der Waals surface area contributed by atoms with Gasteiger partial charge in [0.05, 0.1) is 0 Å². The first-order valence-corrected chi connectivity index (χ1v) is 6.00. The Morgan fingerprint density at radius 1 is 1.13 bits per heavy atom. The van der Waals surface area contributed by atoms with E-state index in [1.54, 1.807) is 0 Å². The van der Waals surface area contributed by atoms with Gasteiger partial charge in [0.25, 0.3) is 0 Å². The van der Waals surface area contributed by atoms with Crippen molar-refractivity contribution in [3.8, 4) is 0 Å². The molecule has 2 rings (SSSR count). The van der Waals surface area contributed by atoms with Gasteiger partial charge in [-0.25, -0.2) is 0 Å². The van der Waals surface area contributed by atoms with E-state index in [2.05, 4.69) is 43.4 Å². The summed E-state index contributed by atoms with van der Waals surface area (Å²) in [5.74, 6) is 0. The van der Waals surface area contributed by atoms with Crippen LogP contribution in [0.1, 0.15) is 37.8 Å². The van der Waals surface area contributed by atoms with Crippen molar-refractivity contribution in [3.63, 3.8) is 0 Å². The van der Waals surface area contributed by atoms with Crippen LogP contribution >= 0.6 is 0 Å². The lowest BCUT2D eigenvalue weighted by molar-refractivity contribution is 0.499. The normalized spacial score (nSPS) is 17.7. The van der Waals surface area contributed by atoms with Crippen LogP contribution < -0.4 is 5.32 Å². The Bertz CT molecular complexity index is 309. The van der Waals surface area contributed by atoms with E-state index in [-0.39, 0.29) is 0 Å². The van der Waals surface area contributed by atoms with Crippen LogP contribution in [0.2, 0.25) is 0 Å². The van der Waals surface area contributed by atoms with Crippen molar-refractivity contribution in [2.45, 2.75) is 39.7 Å². The molecule has 0 spiro atoms. The van der Waals surface area contributed by atoms with Crippen molar-refractivity contribution in [1.82, 2.24) is 5.32 Å². The Balaban J connectivity index is 1.77. The second kappa shape index (κ2) is 4.36. The summed E-state index contributed by atoms with van der Waals surface area (Å²) >= 11 is 0. The molecule has 1 aromatic rings. The SMILES string of the molecule is CCc1ccc(CNCC2(C)CC2)cc1. The van der Waals surface area contributed by atoms with Crippen molar-refractivity contribution < 1.29 is 0 Å². The van der Waals surface area contributed by atoms with Crippen molar-refractivity contribution in [1.29, 1.82) is 0 Å². The van der Waals surface area contributed by atoms with Gasteiger partial charge in [0.1, 0.15) is 0 Å². The molecule has 1 saturated carbocycles. The number of hydrogen-bond acceptors (Lipinski definition) is 1. The molecule has 1 aromatic carbocycles. The third-order valence-electron chi connectivity index (χ3n) is 3.42. The van der Waals surface area contributed by atoms with Gasteiger partial charge in [-0.2, -0.15) is 0 Å². The second-order valence-corrected chi connectivity index (χ2v) is 5.08. The van der Waals surface area contributed by atoms with Crippen molar-refractivity contribution in [2.75, 3.05) is 6.54 Å². The molecular weight excluding hydrogens is 182 g/mol. The molecule has 1 N–H and O–H groups in total. The Hall–Kier alpha value is -0.820. The van der Waals surface area contributed by atoms with Crippen LogP contribution in [0.4, 0.5) is 0 Å². The number of rotatable bonds is 5. The minimum atomic E-state index is 0.614. The van der Waals surface area contributed by atoms with Gasteiger partial charge in [0.2, 0.25) is 0 Å². The van der Waals surface area contributed by atoms with Gasteiger partial charge in [-0.1, -0.05) is 38.1 Å². The van der Waals surface area contributed by atoms with Gasteiger partial charge >= 0.3 is 0 Å². The first-order chi connectivity index (χ1) is 7.22. The van der Waals surface area contributed by atoms with E-state index in [1.165, 1.54) is 30.5 Å². The van der Waals surface area contributed by atoms with Crippen LogP contribution in [-0.2, 0) is 13.0 Å². The summed E-state index contributed by atoms with van der Waals surface area (Å²) in [6.45, 7) is 6.74. The summed E-state index contributed by atoms with van der Waals surface area (Å²) < 4.78 is 0. The highest BCUT2D eigenvalue weighted by atomic mass is 14.9. The second-order valence-electron chi connectivity index (χ2n) is 5.08. The predicted octanol–water partition coefficient (Wildman–Crippen LogP) is 3.14. The average molecular weight is 203 g/mol. The minimum absolute atomic E-state index is 0.614. The lowest BCUT2D eigenvalue weighted by Crippen LogP contribution is -2.21. The molecule has 1 aliphatic rings. The van der Waals surface area contributed by atoms with Crippen LogP contribution in [0, 0.1) is 5.41 Å². The third kappa shape index (κ3) is 3.07. The molecule has 0 aromatic heterocycles. The summed E-state index contributed by atoms with van der Waals surface area (Å²) in [6, 6.07) is 8.94. The van der Waals surface area contributed by atoms with E-state index in [4.69, 9.17) is 0 Å². The van der Waals surface area contributed by atoms with E-state index in [1.807, 2.05) is 0 Å². The first-order valence-electron chi connectivity index (χ1n) is 6.00. The highest BCUT2D eigenvalue weighted by molar-refractivity contribution is 5.22. The lowest BCUT2D eigenvalue weighted by Gasteiger charge is -2.10. The Kier molecular flexibility index (Phi) is 3.11. The number of nitrogens with one attached hydrogen (secondary N) is 1. The first kappa shape index (κ1) is 10.7. The van der Waals surface area contributed by atoms with Gasteiger partial charge in [0.15, 0.2) is 0 Å². The van der Waals surface area contributed by atoms with E-state index < -0.39 is 0 Å². The molecule has 0 heterocycles. The molecule has 1 fully saturated rings. The zero-order valence-corrected chi connectivity index (χ0v) is 9.84. The molecule has 0 saturated heterocycles. The third-order valence-corrected chi connectivity index (χ3v) is 3.42. The molecule has 0 unspecified atom stereocenters. The van der Waals surface area contributed by atoms with Crippen LogP contribution in [0.5, 0.6) is 0 Å². The summed E-state index contributed by atoms with van der Waals surface area (Å²) in [5, 5.41) is 3.54. The van der Waals surface area contributed by atoms with E-state index in [9.17, 15) is 0 Å². The Morgan fingerprint density at radius 2 is 1.73 bits per heavy atom. The number of hydrogen-bond donors (Lipinski definition) is 1. The average Bonchev–Trinajstić information content (AvgIpc) is 2.98. The smallest absolute Gasteiger partial charge is 0.0205 e. The molecule has 82 valence electrons. The molecule has 0 amide bonds.